The minimum atomic E-state index is -0.319. The molecule has 102 valence electrons. The van der Waals surface area contributed by atoms with Crippen molar-refractivity contribution in [3.63, 3.8) is 0 Å². The predicted molar refractivity (Wildman–Crippen MR) is 67.2 cm³/mol. The maximum absolute atomic E-state index is 13.3. The molecule has 1 aromatic carbocycles. The fraction of sp³-hybridized carbons (Fsp3) is 0.538. The topological polar surface area (TPSA) is 50.7 Å². The average molecular weight is 257 g/mol. The van der Waals surface area contributed by atoms with Gasteiger partial charge in [0.1, 0.15) is 11.6 Å². The van der Waals surface area contributed by atoms with Crippen molar-refractivity contribution in [3.8, 4) is 5.75 Å². The first-order valence-electron chi connectivity index (χ1n) is 5.99. The van der Waals surface area contributed by atoms with E-state index in [1.807, 2.05) is 0 Å². The molecule has 1 rings (SSSR count). The van der Waals surface area contributed by atoms with Crippen LogP contribution in [-0.4, -0.2) is 38.6 Å². The van der Waals surface area contributed by atoms with Crippen molar-refractivity contribution in [2.75, 3.05) is 33.5 Å². The molecule has 0 aliphatic heterocycles. The van der Waals surface area contributed by atoms with Crippen molar-refractivity contribution < 1.29 is 19.0 Å². The molecule has 0 bridgehead atoms. The Morgan fingerprint density at radius 1 is 1.28 bits per heavy atom. The maximum Gasteiger partial charge on any atom is 0.127 e. The van der Waals surface area contributed by atoms with E-state index in [1.54, 1.807) is 13.2 Å². The summed E-state index contributed by atoms with van der Waals surface area (Å²) in [7, 11) is 1.64. The highest BCUT2D eigenvalue weighted by Gasteiger charge is 2.02. The minimum Gasteiger partial charge on any atom is -0.493 e. The third-order valence-electron chi connectivity index (χ3n) is 2.31. The number of halogens is 1. The van der Waals surface area contributed by atoms with Crippen LogP contribution in [0.4, 0.5) is 4.39 Å². The van der Waals surface area contributed by atoms with Crippen LogP contribution in [-0.2, 0) is 11.3 Å². The van der Waals surface area contributed by atoms with Gasteiger partial charge in [-0.05, 0) is 17.7 Å². The Morgan fingerprint density at radius 2 is 2.11 bits per heavy atom. The highest BCUT2D eigenvalue weighted by Crippen LogP contribution is 2.16. The molecule has 0 amide bonds. The second-order valence-corrected chi connectivity index (χ2v) is 3.89. The third kappa shape index (κ3) is 5.95. The van der Waals surface area contributed by atoms with Crippen LogP contribution in [0.3, 0.4) is 0 Å². The van der Waals surface area contributed by atoms with Crippen molar-refractivity contribution >= 4 is 0 Å². The molecule has 0 radical (unpaired) electrons. The van der Waals surface area contributed by atoms with Gasteiger partial charge in [0.25, 0.3) is 0 Å². The van der Waals surface area contributed by atoms with E-state index in [1.165, 1.54) is 12.1 Å². The van der Waals surface area contributed by atoms with E-state index in [0.29, 0.717) is 38.5 Å². The summed E-state index contributed by atoms with van der Waals surface area (Å²) < 4.78 is 23.6. The first-order valence-corrected chi connectivity index (χ1v) is 5.99. The van der Waals surface area contributed by atoms with Gasteiger partial charge >= 0.3 is 0 Å². The normalized spacial score (nSPS) is 10.6. The molecule has 0 heterocycles. The maximum atomic E-state index is 13.3. The molecular weight excluding hydrogens is 237 g/mol. The van der Waals surface area contributed by atoms with Crippen LogP contribution in [0.1, 0.15) is 12.0 Å². The number of methoxy groups -OCH3 is 1. The second-order valence-electron chi connectivity index (χ2n) is 3.89. The smallest absolute Gasteiger partial charge is 0.127 e. The molecule has 0 fully saturated rings. The lowest BCUT2D eigenvalue weighted by molar-refractivity contribution is 0.199. The van der Waals surface area contributed by atoms with Crippen molar-refractivity contribution in [2.24, 2.45) is 0 Å². The molecule has 0 aromatic heterocycles. The molecule has 0 saturated heterocycles. The number of nitrogens with one attached hydrogen (secondary N) is 1. The quantitative estimate of drug-likeness (QED) is 0.655. The summed E-state index contributed by atoms with van der Waals surface area (Å²) in [5.74, 6) is 0.173. The van der Waals surface area contributed by atoms with E-state index in [0.717, 1.165) is 5.56 Å². The molecular formula is C13H20FNO3. The van der Waals surface area contributed by atoms with Crippen LogP contribution in [0.2, 0.25) is 0 Å². The van der Waals surface area contributed by atoms with Crippen LogP contribution in [0.15, 0.2) is 18.2 Å². The largest absolute Gasteiger partial charge is 0.493 e. The standard InChI is InChI=1S/C13H20FNO3/c1-17-6-3-15-10-11-7-12(14)9-13(8-11)18-5-2-4-16/h7-9,15-16H,2-6,10H2,1H3. The number of hydrogen-bond donors (Lipinski definition) is 2. The van der Waals surface area contributed by atoms with E-state index in [4.69, 9.17) is 14.6 Å². The van der Waals surface area contributed by atoms with Gasteiger partial charge in [0.05, 0.1) is 13.2 Å². The highest BCUT2D eigenvalue weighted by molar-refractivity contribution is 5.29. The first kappa shape index (κ1) is 14.9. The Balaban J connectivity index is 2.46. The molecule has 0 aliphatic carbocycles. The van der Waals surface area contributed by atoms with Gasteiger partial charge in [-0.3, -0.25) is 0 Å². The van der Waals surface area contributed by atoms with Gasteiger partial charge in [0.2, 0.25) is 0 Å². The van der Waals surface area contributed by atoms with Crippen LogP contribution in [0, 0.1) is 5.82 Å². The minimum absolute atomic E-state index is 0.0702. The summed E-state index contributed by atoms with van der Waals surface area (Å²) in [6.45, 7) is 2.36. The van der Waals surface area contributed by atoms with Crippen LogP contribution in [0.5, 0.6) is 5.75 Å². The summed E-state index contributed by atoms with van der Waals surface area (Å²) in [5.41, 5.74) is 0.824. The molecule has 18 heavy (non-hydrogen) atoms. The second kappa shape index (κ2) is 8.85. The molecule has 0 atom stereocenters. The predicted octanol–water partition coefficient (Wildman–Crippen LogP) is 1.32. The first-order chi connectivity index (χ1) is 8.76. The monoisotopic (exact) mass is 257 g/mol. The summed E-state index contributed by atoms with van der Waals surface area (Å²) in [4.78, 5) is 0. The molecule has 5 heteroatoms. The van der Waals surface area contributed by atoms with E-state index in [2.05, 4.69) is 5.32 Å². The number of hydrogen-bond acceptors (Lipinski definition) is 4. The Bertz CT molecular complexity index is 347. The van der Waals surface area contributed by atoms with E-state index in [9.17, 15) is 4.39 Å². The van der Waals surface area contributed by atoms with Crippen molar-refractivity contribution in [2.45, 2.75) is 13.0 Å². The molecule has 4 nitrogen and oxygen atoms in total. The Kier molecular flexibility index (Phi) is 7.32. The van der Waals surface area contributed by atoms with Crippen molar-refractivity contribution in [1.82, 2.24) is 5.32 Å². The molecule has 0 spiro atoms. The van der Waals surface area contributed by atoms with Gasteiger partial charge in [-0.1, -0.05) is 0 Å². The zero-order valence-electron chi connectivity index (χ0n) is 10.6. The molecule has 0 saturated carbocycles. The summed E-state index contributed by atoms with van der Waals surface area (Å²) in [6.07, 6.45) is 0.540. The van der Waals surface area contributed by atoms with Crippen molar-refractivity contribution in [1.29, 1.82) is 0 Å². The summed E-state index contributed by atoms with van der Waals surface area (Å²) >= 11 is 0. The SMILES string of the molecule is COCCNCc1cc(F)cc(OCCCO)c1. The van der Waals surface area contributed by atoms with Gasteiger partial charge in [-0.2, -0.15) is 0 Å². The molecule has 1 aromatic rings. The Morgan fingerprint density at radius 3 is 2.83 bits per heavy atom. The molecule has 0 aliphatic rings. The average Bonchev–Trinajstić information content (AvgIpc) is 2.34. The van der Waals surface area contributed by atoms with Gasteiger partial charge in [0, 0.05) is 39.3 Å². The lowest BCUT2D eigenvalue weighted by atomic mass is 10.2. The fourth-order valence-electron chi connectivity index (χ4n) is 1.47. The van der Waals surface area contributed by atoms with Crippen LogP contribution in [0.25, 0.3) is 0 Å². The van der Waals surface area contributed by atoms with Gasteiger partial charge in [0.15, 0.2) is 0 Å². The van der Waals surface area contributed by atoms with Gasteiger partial charge < -0.3 is 19.9 Å². The van der Waals surface area contributed by atoms with E-state index in [-0.39, 0.29) is 12.4 Å². The number of rotatable bonds is 9. The zero-order chi connectivity index (χ0) is 13.2. The van der Waals surface area contributed by atoms with Crippen LogP contribution >= 0.6 is 0 Å². The highest BCUT2D eigenvalue weighted by atomic mass is 19.1. The molecule has 0 unspecified atom stereocenters. The number of benzene rings is 1. The number of aliphatic hydroxyl groups excluding tert-OH is 1. The number of aliphatic hydroxyl groups is 1. The summed E-state index contributed by atoms with van der Waals surface area (Å²) in [6, 6.07) is 4.61. The Hall–Kier alpha value is -1.17. The molecule has 2 N–H and O–H groups in total. The fourth-order valence-corrected chi connectivity index (χ4v) is 1.47. The van der Waals surface area contributed by atoms with Crippen LogP contribution < -0.4 is 10.1 Å². The van der Waals surface area contributed by atoms with Gasteiger partial charge in [-0.15, -0.1) is 0 Å². The zero-order valence-corrected chi connectivity index (χ0v) is 10.6. The third-order valence-corrected chi connectivity index (χ3v) is 2.31. The Labute approximate surface area is 107 Å². The van der Waals surface area contributed by atoms with Gasteiger partial charge in [-0.25, -0.2) is 4.39 Å². The number of ether oxygens (including phenoxy) is 2. The van der Waals surface area contributed by atoms with Crippen molar-refractivity contribution in [3.05, 3.63) is 29.6 Å². The summed E-state index contributed by atoms with van der Waals surface area (Å²) in [5, 5.41) is 11.8. The lowest BCUT2D eigenvalue weighted by Crippen LogP contribution is -2.18. The van der Waals surface area contributed by atoms with E-state index < -0.39 is 0 Å². The lowest BCUT2D eigenvalue weighted by Gasteiger charge is -2.09. The van der Waals surface area contributed by atoms with E-state index >= 15 is 0 Å².